The highest BCUT2D eigenvalue weighted by molar-refractivity contribution is 5.89. The van der Waals surface area contributed by atoms with Crippen LogP contribution in [0.25, 0.3) is 5.69 Å². The summed E-state index contributed by atoms with van der Waals surface area (Å²) in [5.74, 6) is -0.900. The molecule has 0 saturated heterocycles. The van der Waals surface area contributed by atoms with E-state index in [1.54, 1.807) is 25.4 Å². The first-order valence-corrected chi connectivity index (χ1v) is 4.94. The van der Waals surface area contributed by atoms with Crippen molar-refractivity contribution in [3.63, 3.8) is 0 Å². The summed E-state index contributed by atoms with van der Waals surface area (Å²) in [5.41, 5.74) is 2.83. The molecule has 0 amide bonds. The van der Waals surface area contributed by atoms with Crippen molar-refractivity contribution in [2.75, 3.05) is 0 Å². The van der Waals surface area contributed by atoms with Crippen molar-refractivity contribution < 1.29 is 9.90 Å². The largest absolute Gasteiger partial charge is 0.478 e. The molecule has 0 aliphatic carbocycles. The van der Waals surface area contributed by atoms with Gasteiger partial charge in [0.25, 0.3) is 0 Å². The minimum Gasteiger partial charge on any atom is -0.478 e. The van der Waals surface area contributed by atoms with Crippen LogP contribution < -0.4 is 0 Å². The van der Waals surface area contributed by atoms with E-state index in [1.807, 2.05) is 23.6 Å². The van der Waals surface area contributed by atoms with Crippen LogP contribution >= 0.6 is 0 Å². The zero-order valence-corrected chi connectivity index (χ0v) is 9.14. The van der Waals surface area contributed by atoms with Gasteiger partial charge in [-0.25, -0.2) is 4.79 Å². The number of hydrogen-bond donors (Lipinski definition) is 1. The van der Waals surface area contributed by atoms with E-state index in [1.165, 1.54) is 0 Å². The quantitative estimate of drug-likeness (QED) is 0.837. The van der Waals surface area contributed by atoms with Crippen molar-refractivity contribution in [2.45, 2.75) is 13.8 Å². The van der Waals surface area contributed by atoms with E-state index in [2.05, 4.69) is 4.98 Å². The monoisotopic (exact) mass is 216 g/mol. The highest BCUT2D eigenvalue weighted by atomic mass is 16.4. The van der Waals surface area contributed by atoms with Gasteiger partial charge in [0.2, 0.25) is 0 Å². The Kier molecular flexibility index (Phi) is 2.48. The lowest BCUT2D eigenvalue weighted by Crippen LogP contribution is -2.02. The number of carboxylic acids is 1. The van der Waals surface area contributed by atoms with Gasteiger partial charge in [0, 0.05) is 17.6 Å². The van der Waals surface area contributed by atoms with Crippen LogP contribution in [-0.4, -0.2) is 20.6 Å². The third-order valence-corrected chi connectivity index (χ3v) is 2.57. The Morgan fingerprint density at radius 1 is 1.44 bits per heavy atom. The standard InChI is InChI=1S/C12H12N2O2/c1-8-6-11(12(15)16)9(2)14(8)10-4-3-5-13-7-10/h3-7H,1-2H3,(H,15,16). The van der Waals surface area contributed by atoms with Crippen LogP contribution in [0.2, 0.25) is 0 Å². The number of aromatic nitrogens is 2. The Morgan fingerprint density at radius 2 is 2.19 bits per heavy atom. The molecule has 0 saturated carbocycles. The molecule has 0 atom stereocenters. The molecule has 0 unspecified atom stereocenters. The number of hydrogen-bond acceptors (Lipinski definition) is 2. The first-order chi connectivity index (χ1) is 7.61. The van der Waals surface area contributed by atoms with Gasteiger partial charge in [-0.2, -0.15) is 0 Å². The van der Waals surface area contributed by atoms with Crippen molar-refractivity contribution >= 4 is 5.97 Å². The molecule has 0 bridgehead atoms. The number of nitrogens with zero attached hydrogens (tertiary/aromatic N) is 2. The maximum absolute atomic E-state index is 11.0. The number of rotatable bonds is 2. The Morgan fingerprint density at radius 3 is 2.69 bits per heavy atom. The van der Waals surface area contributed by atoms with E-state index < -0.39 is 5.97 Å². The fraction of sp³-hybridized carbons (Fsp3) is 0.167. The number of carbonyl (C=O) groups is 1. The van der Waals surface area contributed by atoms with Crippen molar-refractivity contribution in [1.29, 1.82) is 0 Å². The molecule has 2 aromatic rings. The summed E-state index contributed by atoms with van der Waals surface area (Å²) in [6.45, 7) is 3.68. The van der Waals surface area contributed by atoms with Crippen molar-refractivity contribution in [2.24, 2.45) is 0 Å². The summed E-state index contributed by atoms with van der Waals surface area (Å²) in [7, 11) is 0. The Bertz CT molecular complexity index is 529. The predicted molar refractivity (Wildman–Crippen MR) is 60.0 cm³/mol. The SMILES string of the molecule is Cc1cc(C(=O)O)c(C)n1-c1cccnc1. The number of pyridine rings is 1. The second kappa shape index (κ2) is 3.81. The van der Waals surface area contributed by atoms with Gasteiger partial charge in [0.15, 0.2) is 0 Å². The molecular formula is C12H12N2O2. The second-order valence-corrected chi connectivity index (χ2v) is 3.64. The zero-order valence-electron chi connectivity index (χ0n) is 9.14. The fourth-order valence-electron chi connectivity index (χ4n) is 1.86. The van der Waals surface area contributed by atoms with Crippen LogP contribution in [0.4, 0.5) is 0 Å². The summed E-state index contributed by atoms with van der Waals surface area (Å²) >= 11 is 0. The maximum atomic E-state index is 11.0. The van der Waals surface area contributed by atoms with E-state index in [0.29, 0.717) is 5.56 Å². The molecule has 0 fully saturated rings. The third kappa shape index (κ3) is 1.58. The maximum Gasteiger partial charge on any atom is 0.337 e. The lowest BCUT2D eigenvalue weighted by molar-refractivity contribution is 0.0696. The zero-order chi connectivity index (χ0) is 11.7. The average Bonchev–Trinajstić information content (AvgIpc) is 2.56. The van der Waals surface area contributed by atoms with E-state index >= 15 is 0 Å². The minimum atomic E-state index is -0.900. The summed E-state index contributed by atoms with van der Waals surface area (Å²) in [6, 6.07) is 5.40. The molecule has 2 heterocycles. The van der Waals surface area contributed by atoms with Crippen molar-refractivity contribution in [1.82, 2.24) is 9.55 Å². The highest BCUT2D eigenvalue weighted by Crippen LogP contribution is 2.19. The Hall–Kier alpha value is -2.10. The topological polar surface area (TPSA) is 55.1 Å². The Balaban J connectivity index is 2.63. The van der Waals surface area contributed by atoms with Crippen LogP contribution in [0.1, 0.15) is 21.7 Å². The normalized spacial score (nSPS) is 10.4. The second-order valence-electron chi connectivity index (χ2n) is 3.64. The van der Waals surface area contributed by atoms with Gasteiger partial charge < -0.3 is 9.67 Å². The fourth-order valence-corrected chi connectivity index (χ4v) is 1.86. The Labute approximate surface area is 93.2 Å². The first-order valence-electron chi connectivity index (χ1n) is 4.94. The molecule has 1 N–H and O–H groups in total. The summed E-state index contributed by atoms with van der Waals surface area (Å²) in [4.78, 5) is 15.0. The van der Waals surface area contributed by atoms with Crippen LogP contribution in [0, 0.1) is 13.8 Å². The van der Waals surface area contributed by atoms with E-state index in [9.17, 15) is 4.79 Å². The predicted octanol–water partition coefficient (Wildman–Crippen LogP) is 2.19. The summed E-state index contributed by atoms with van der Waals surface area (Å²) < 4.78 is 1.89. The van der Waals surface area contributed by atoms with Gasteiger partial charge in [0.1, 0.15) is 0 Å². The molecule has 4 nitrogen and oxygen atoms in total. The first kappa shape index (κ1) is 10.4. The number of carboxylic acid groups (broad SMARTS) is 1. The van der Waals surface area contributed by atoms with Crippen molar-refractivity contribution in [3.8, 4) is 5.69 Å². The third-order valence-electron chi connectivity index (χ3n) is 2.57. The van der Waals surface area contributed by atoms with E-state index in [4.69, 9.17) is 5.11 Å². The molecule has 2 aromatic heterocycles. The van der Waals surface area contributed by atoms with Gasteiger partial charge >= 0.3 is 5.97 Å². The van der Waals surface area contributed by atoms with Gasteiger partial charge in [0.05, 0.1) is 17.4 Å². The molecule has 2 rings (SSSR count). The van der Waals surface area contributed by atoms with Gasteiger partial charge in [-0.05, 0) is 32.0 Å². The molecule has 0 aliphatic heterocycles. The molecule has 82 valence electrons. The summed E-state index contributed by atoms with van der Waals surface area (Å²) in [5, 5.41) is 9.02. The lowest BCUT2D eigenvalue weighted by atomic mass is 10.2. The smallest absolute Gasteiger partial charge is 0.337 e. The van der Waals surface area contributed by atoms with E-state index in [0.717, 1.165) is 17.1 Å². The van der Waals surface area contributed by atoms with Crippen LogP contribution in [0.15, 0.2) is 30.6 Å². The molecule has 0 aliphatic rings. The van der Waals surface area contributed by atoms with Crippen LogP contribution in [0.5, 0.6) is 0 Å². The molecule has 0 radical (unpaired) electrons. The highest BCUT2D eigenvalue weighted by Gasteiger charge is 2.15. The number of aromatic carboxylic acids is 1. The van der Waals surface area contributed by atoms with Crippen LogP contribution in [-0.2, 0) is 0 Å². The average molecular weight is 216 g/mol. The number of aryl methyl sites for hydroxylation is 1. The van der Waals surface area contributed by atoms with Crippen LogP contribution in [0.3, 0.4) is 0 Å². The molecular weight excluding hydrogens is 204 g/mol. The summed E-state index contributed by atoms with van der Waals surface area (Å²) in [6.07, 6.45) is 3.40. The van der Waals surface area contributed by atoms with E-state index in [-0.39, 0.29) is 0 Å². The molecule has 16 heavy (non-hydrogen) atoms. The molecule has 0 aromatic carbocycles. The van der Waals surface area contributed by atoms with Gasteiger partial charge in [-0.3, -0.25) is 4.98 Å². The van der Waals surface area contributed by atoms with Gasteiger partial charge in [-0.15, -0.1) is 0 Å². The molecule has 4 heteroatoms. The van der Waals surface area contributed by atoms with Crippen molar-refractivity contribution in [3.05, 3.63) is 47.5 Å². The van der Waals surface area contributed by atoms with Gasteiger partial charge in [-0.1, -0.05) is 0 Å². The minimum absolute atomic E-state index is 0.335. The lowest BCUT2D eigenvalue weighted by Gasteiger charge is -2.08. The molecule has 0 spiro atoms.